The maximum Gasteiger partial charge on any atom is 0.199 e. The Balaban J connectivity index is 2.85. The van der Waals surface area contributed by atoms with Gasteiger partial charge in [-0.1, -0.05) is 0 Å². The lowest BCUT2D eigenvalue weighted by molar-refractivity contribution is -0.173. The van der Waals surface area contributed by atoms with E-state index in [-0.39, 0.29) is 5.70 Å². The number of aliphatic hydroxyl groups is 4. The average molecular weight is 177 g/mol. The van der Waals surface area contributed by atoms with Gasteiger partial charge in [-0.05, 0) is 0 Å². The van der Waals surface area contributed by atoms with E-state index in [1.165, 1.54) is 0 Å². The van der Waals surface area contributed by atoms with E-state index in [0.717, 1.165) is 0 Å². The zero-order chi connectivity index (χ0) is 9.30. The Hall–Kier alpha value is -0.820. The van der Waals surface area contributed by atoms with Crippen molar-refractivity contribution in [1.29, 1.82) is 0 Å². The standard InChI is InChI=1S/C6H11NO5/c7-3-5(10)4(9)2(1-8)12-6(3)11/h2,4,6,8-11H,1,7H2/t2-,4-,6-/m1/s1. The Kier molecular flexibility index (Phi) is 2.53. The van der Waals surface area contributed by atoms with Gasteiger partial charge in [0.05, 0.1) is 6.61 Å². The van der Waals surface area contributed by atoms with Crippen molar-refractivity contribution in [3.8, 4) is 0 Å². The molecule has 0 amide bonds. The molecule has 0 aromatic heterocycles. The minimum Gasteiger partial charge on any atom is -0.507 e. The van der Waals surface area contributed by atoms with Crippen molar-refractivity contribution in [2.24, 2.45) is 5.73 Å². The van der Waals surface area contributed by atoms with E-state index in [1.54, 1.807) is 0 Å². The lowest BCUT2D eigenvalue weighted by Gasteiger charge is -2.30. The second kappa shape index (κ2) is 3.28. The Morgan fingerprint density at radius 3 is 2.50 bits per heavy atom. The molecule has 70 valence electrons. The summed E-state index contributed by atoms with van der Waals surface area (Å²) in [5.74, 6) is -0.548. The van der Waals surface area contributed by atoms with Crippen LogP contribution in [0.3, 0.4) is 0 Å². The summed E-state index contributed by atoms with van der Waals surface area (Å²) in [6.45, 7) is -0.504. The van der Waals surface area contributed by atoms with E-state index in [2.05, 4.69) is 4.74 Å². The molecule has 0 saturated heterocycles. The molecule has 0 unspecified atom stereocenters. The number of rotatable bonds is 1. The highest BCUT2D eigenvalue weighted by Crippen LogP contribution is 2.19. The zero-order valence-corrected chi connectivity index (χ0v) is 6.21. The number of hydrogen-bond donors (Lipinski definition) is 5. The molecule has 1 aliphatic rings. The number of hydrogen-bond acceptors (Lipinski definition) is 6. The third-order valence-corrected chi connectivity index (χ3v) is 1.68. The van der Waals surface area contributed by atoms with Crippen LogP contribution in [0.5, 0.6) is 0 Å². The summed E-state index contributed by atoms with van der Waals surface area (Å²) < 4.78 is 4.64. The van der Waals surface area contributed by atoms with E-state index in [0.29, 0.717) is 0 Å². The van der Waals surface area contributed by atoms with Gasteiger partial charge in [0.2, 0.25) is 0 Å². The van der Waals surface area contributed by atoms with Gasteiger partial charge < -0.3 is 30.9 Å². The van der Waals surface area contributed by atoms with E-state index in [1.807, 2.05) is 0 Å². The lowest BCUT2D eigenvalue weighted by atomic mass is 10.1. The third-order valence-electron chi connectivity index (χ3n) is 1.68. The smallest absolute Gasteiger partial charge is 0.199 e. The first kappa shape index (κ1) is 9.27. The minimum absolute atomic E-state index is 0.327. The first-order valence-electron chi connectivity index (χ1n) is 3.39. The number of ether oxygens (including phenoxy) is 1. The van der Waals surface area contributed by atoms with Gasteiger partial charge >= 0.3 is 0 Å². The largest absolute Gasteiger partial charge is 0.507 e. The highest BCUT2D eigenvalue weighted by atomic mass is 16.6. The van der Waals surface area contributed by atoms with Gasteiger partial charge in [-0.15, -0.1) is 0 Å². The van der Waals surface area contributed by atoms with Gasteiger partial charge in [-0.2, -0.15) is 0 Å². The normalized spacial score (nSPS) is 37.1. The van der Waals surface area contributed by atoms with Gasteiger partial charge in [0.1, 0.15) is 23.7 Å². The summed E-state index contributed by atoms with van der Waals surface area (Å²) in [4.78, 5) is 0. The zero-order valence-electron chi connectivity index (χ0n) is 6.21. The van der Waals surface area contributed by atoms with Crippen LogP contribution in [0.15, 0.2) is 11.5 Å². The van der Waals surface area contributed by atoms with Crippen LogP contribution < -0.4 is 5.73 Å². The maximum absolute atomic E-state index is 9.14. The second-order valence-corrected chi connectivity index (χ2v) is 2.49. The Morgan fingerprint density at radius 1 is 1.42 bits per heavy atom. The summed E-state index contributed by atoms with van der Waals surface area (Å²) >= 11 is 0. The minimum atomic E-state index is -1.47. The van der Waals surface area contributed by atoms with Gasteiger partial charge in [-0.25, -0.2) is 0 Å². The molecule has 1 aliphatic heterocycles. The van der Waals surface area contributed by atoms with Crippen molar-refractivity contribution < 1.29 is 25.2 Å². The molecule has 0 radical (unpaired) electrons. The highest BCUT2D eigenvalue weighted by Gasteiger charge is 2.34. The predicted molar refractivity (Wildman–Crippen MR) is 37.8 cm³/mol. The van der Waals surface area contributed by atoms with Gasteiger partial charge in [0.25, 0.3) is 0 Å². The highest BCUT2D eigenvalue weighted by molar-refractivity contribution is 5.15. The van der Waals surface area contributed by atoms with Crippen molar-refractivity contribution in [1.82, 2.24) is 0 Å². The fourth-order valence-corrected chi connectivity index (χ4v) is 0.930. The topological polar surface area (TPSA) is 116 Å². The van der Waals surface area contributed by atoms with E-state index >= 15 is 0 Å². The summed E-state index contributed by atoms with van der Waals surface area (Å²) in [5.41, 5.74) is 4.82. The molecule has 0 aromatic carbocycles. The predicted octanol–water partition coefficient (Wildman–Crippen LogP) is -2.21. The average Bonchev–Trinajstić information content (AvgIpc) is 2.08. The van der Waals surface area contributed by atoms with Crippen LogP contribution in [0.4, 0.5) is 0 Å². The quantitative estimate of drug-likeness (QED) is 0.310. The molecule has 1 heterocycles. The molecule has 0 saturated carbocycles. The Labute approximate surface area is 68.5 Å². The van der Waals surface area contributed by atoms with Crippen molar-refractivity contribution in [2.45, 2.75) is 18.5 Å². The first-order chi connectivity index (χ1) is 5.57. The van der Waals surface area contributed by atoms with Crippen LogP contribution in [-0.4, -0.2) is 45.5 Å². The summed E-state index contributed by atoms with van der Waals surface area (Å²) in [6, 6.07) is 0. The molecular weight excluding hydrogens is 166 g/mol. The fourth-order valence-electron chi connectivity index (χ4n) is 0.930. The van der Waals surface area contributed by atoms with Crippen LogP contribution >= 0.6 is 0 Å². The molecule has 6 heteroatoms. The first-order valence-corrected chi connectivity index (χ1v) is 3.39. The fraction of sp³-hybridized carbons (Fsp3) is 0.667. The lowest BCUT2D eigenvalue weighted by Crippen LogP contribution is -2.45. The second-order valence-electron chi connectivity index (χ2n) is 2.49. The molecule has 3 atom stereocenters. The third kappa shape index (κ3) is 1.37. The molecule has 0 aromatic rings. The Morgan fingerprint density at radius 2 is 2.00 bits per heavy atom. The van der Waals surface area contributed by atoms with Gasteiger partial charge in [0.15, 0.2) is 6.29 Å². The van der Waals surface area contributed by atoms with Crippen molar-refractivity contribution >= 4 is 0 Å². The molecule has 6 N–H and O–H groups in total. The van der Waals surface area contributed by atoms with Crippen LogP contribution in [0, 0.1) is 0 Å². The number of aliphatic hydroxyl groups excluding tert-OH is 4. The van der Waals surface area contributed by atoms with Crippen molar-refractivity contribution in [3.63, 3.8) is 0 Å². The summed E-state index contributed by atoms with van der Waals surface area (Å²) in [5, 5.41) is 35.8. The van der Waals surface area contributed by atoms with Crippen molar-refractivity contribution in [2.75, 3.05) is 6.61 Å². The molecule has 0 spiro atoms. The monoisotopic (exact) mass is 177 g/mol. The van der Waals surface area contributed by atoms with E-state index in [9.17, 15) is 0 Å². The van der Waals surface area contributed by atoms with E-state index in [4.69, 9.17) is 26.2 Å². The molecule has 1 rings (SSSR count). The molecule has 0 fully saturated rings. The van der Waals surface area contributed by atoms with Crippen LogP contribution in [0.1, 0.15) is 0 Å². The van der Waals surface area contributed by atoms with Gasteiger partial charge in [-0.3, -0.25) is 0 Å². The molecule has 0 aliphatic carbocycles. The summed E-state index contributed by atoms with van der Waals surface area (Å²) in [7, 11) is 0. The molecular formula is C6H11NO5. The molecule has 12 heavy (non-hydrogen) atoms. The van der Waals surface area contributed by atoms with Gasteiger partial charge in [0, 0.05) is 0 Å². The molecule has 6 nitrogen and oxygen atoms in total. The van der Waals surface area contributed by atoms with Crippen LogP contribution in [-0.2, 0) is 4.74 Å². The van der Waals surface area contributed by atoms with Crippen molar-refractivity contribution in [3.05, 3.63) is 11.5 Å². The van der Waals surface area contributed by atoms with Crippen LogP contribution in [0.2, 0.25) is 0 Å². The SMILES string of the molecule is NC1=C(O)[C@H](O)[C@@H](CO)O[C@H]1O. The summed E-state index contributed by atoms with van der Waals surface area (Å²) in [6.07, 6.45) is -3.88. The molecule has 0 bridgehead atoms. The van der Waals surface area contributed by atoms with Crippen LogP contribution in [0.25, 0.3) is 0 Å². The number of nitrogens with two attached hydrogens (primary N) is 1. The van der Waals surface area contributed by atoms with E-state index < -0.39 is 30.9 Å². The maximum atomic E-state index is 9.14. The Bertz CT molecular complexity index is 204.